The zero-order valence-corrected chi connectivity index (χ0v) is 12.2. The van der Waals surface area contributed by atoms with Gasteiger partial charge in [0.15, 0.2) is 14.6 Å². The monoisotopic (exact) mass is 264 g/mol. The van der Waals surface area contributed by atoms with Gasteiger partial charge >= 0.3 is 0 Å². The molecule has 0 unspecified atom stereocenters. The van der Waals surface area contributed by atoms with Crippen molar-refractivity contribution in [1.82, 2.24) is 0 Å². The molecule has 0 spiro atoms. The van der Waals surface area contributed by atoms with E-state index in [1.807, 2.05) is 13.1 Å². The van der Waals surface area contributed by atoms with Gasteiger partial charge in [0, 0.05) is 0 Å². The Morgan fingerprint density at radius 1 is 1.18 bits per heavy atom. The molecule has 1 aliphatic heterocycles. The van der Waals surface area contributed by atoms with Crippen LogP contribution in [0.2, 0.25) is 18.1 Å². The first-order valence-corrected chi connectivity index (χ1v) is 8.81. The van der Waals surface area contributed by atoms with E-state index < -0.39 is 32.9 Å². The van der Waals surface area contributed by atoms with Crippen molar-refractivity contribution < 1.29 is 24.5 Å². The van der Waals surface area contributed by atoms with Crippen molar-refractivity contribution in [2.45, 2.75) is 63.5 Å². The van der Waals surface area contributed by atoms with Crippen LogP contribution in [0, 0.1) is 0 Å². The van der Waals surface area contributed by atoms with Gasteiger partial charge < -0.3 is 24.5 Å². The molecule has 0 aromatic heterocycles. The summed E-state index contributed by atoms with van der Waals surface area (Å²) < 4.78 is 10.9. The molecule has 1 rings (SSSR count). The second-order valence-electron chi connectivity index (χ2n) is 6.12. The topological polar surface area (TPSA) is 79.2 Å². The van der Waals surface area contributed by atoms with Crippen LogP contribution in [0.4, 0.5) is 0 Å². The lowest BCUT2D eigenvalue weighted by atomic mass is 10.1. The molecular formula is C11H24O5Si. The molecule has 0 saturated carbocycles. The molecule has 3 N–H and O–H groups in total. The summed E-state index contributed by atoms with van der Waals surface area (Å²) in [5.41, 5.74) is 0. The van der Waals surface area contributed by atoms with Gasteiger partial charge in [0.2, 0.25) is 0 Å². The normalized spacial score (nSPS) is 36.0. The summed E-state index contributed by atoms with van der Waals surface area (Å²) in [6, 6.07) is 0. The van der Waals surface area contributed by atoms with Crippen LogP contribution in [0.25, 0.3) is 0 Å². The predicted octanol–water partition coefficient (Wildman–Crippen LogP) is 0.447. The lowest BCUT2D eigenvalue weighted by Crippen LogP contribution is -2.58. The molecule has 5 nitrogen and oxygen atoms in total. The third-order valence-corrected chi connectivity index (χ3v) is 8.16. The van der Waals surface area contributed by atoms with Crippen LogP contribution in [0.3, 0.4) is 0 Å². The van der Waals surface area contributed by atoms with Crippen molar-refractivity contribution in [3.8, 4) is 0 Å². The molecule has 1 heterocycles. The first-order valence-electron chi connectivity index (χ1n) is 5.90. The lowest BCUT2D eigenvalue weighted by Gasteiger charge is -2.44. The van der Waals surface area contributed by atoms with Crippen molar-refractivity contribution in [1.29, 1.82) is 0 Å². The minimum absolute atomic E-state index is 0.0329. The summed E-state index contributed by atoms with van der Waals surface area (Å²) >= 11 is 0. The van der Waals surface area contributed by atoms with Gasteiger partial charge in [-0.25, -0.2) is 0 Å². The van der Waals surface area contributed by atoms with E-state index in [9.17, 15) is 15.3 Å². The van der Waals surface area contributed by atoms with Crippen LogP contribution in [-0.2, 0) is 9.16 Å². The zero-order chi connectivity index (χ0) is 13.4. The van der Waals surface area contributed by atoms with Gasteiger partial charge in [-0.15, -0.1) is 0 Å². The number of hydrogen-bond acceptors (Lipinski definition) is 5. The van der Waals surface area contributed by atoms with E-state index in [4.69, 9.17) is 9.16 Å². The Labute approximate surface area is 103 Å². The standard InChI is InChI=1S/C11H24O5Si/c1-11(2,3)17(4,5)16-9-8(13)7(12)6-15-10(9)14/h7-10,12-14H,6H2,1-5H3/t7-,8-,9+,10-/m1/s1. The number of aliphatic hydroxyl groups is 3. The first kappa shape index (κ1) is 15.1. The summed E-state index contributed by atoms with van der Waals surface area (Å²) in [4.78, 5) is 0. The molecule has 17 heavy (non-hydrogen) atoms. The largest absolute Gasteiger partial charge is 0.406 e. The van der Waals surface area contributed by atoms with Crippen LogP contribution >= 0.6 is 0 Å². The highest BCUT2D eigenvalue weighted by Gasteiger charge is 2.46. The third kappa shape index (κ3) is 3.27. The van der Waals surface area contributed by atoms with Crippen LogP contribution in [-0.4, -0.2) is 54.8 Å². The highest BCUT2D eigenvalue weighted by atomic mass is 28.4. The Morgan fingerprint density at radius 2 is 1.71 bits per heavy atom. The maximum absolute atomic E-state index is 9.84. The third-order valence-electron chi connectivity index (χ3n) is 3.69. The molecule has 1 saturated heterocycles. The summed E-state index contributed by atoms with van der Waals surface area (Å²) in [5.74, 6) is 0. The Hall–Kier alpha value is 0.0169. The lowest BCUT2D eigenvalue weighted by molar-refractivity contribution is -0.247. The molecule has 1 aliphatic rings. The second-order valence-corrected chi connectivity index (χ2v) is 10.9. The summed E-state index contributed by atoms with van der Waals surface area (Å²) in [7, 11) is -2.12. The first-order chi connectivity index (χ1) is 7.56. The number of rotatable bonds is 2. The minimum atomic E-state index is -2.12. The number of ether oxygens (including phenoxy) is 1. The fourth-order valence-electron chi connectivity index (χ4n) is 1.42. The highest BCUT2D eigenvalue weighted by molar-refractivity contribution is 6.74. The van der Waals surface area contributed by atoms with Crippen molar-refractivity contribution in [3.05, 3.63) is 0 Å². The second kappa shape index (κ2) is 4.95. The molecule has 0 aromatic rings. The van der Waals surface area contributed by atoms with E-state index in [0.717, 1.165) is 0 Å². The Morgan fingerprint density at radius 3 is 2.18 bits per heavy atom. The van der Waals surface area contributed by atoms with Crippen LogP contribution in [0.5, 0.6) is 0 Å². The van der Waals surface area contributed by atoms with Crippen molar-refractivity contribution in [3.63, 3.8) is 0 Å². The zero-order valence-electron chi connectivity index (χ0n) is 11.2. The summed E-state index contributed by atoms with van der Waals surface area (Å²) in [6.45, 7) is 10.2. The van der Waals surface area contributed by atoms with Crippen molar-refractivity contribution in [2.75, 3.05) is 6.61 Å². The maximum Gasteiger partial charge on any atom is 0.192 e. The van der Waals surface area contributed by atoms with E-state index in [-0.39, 0.29) is 11.6 Å². The van der Waals surface area contributed by atoms with Crippen molar-refractivity contribution >= 4 is 8.32 Å². The molecule has 0 aliphatic carbocycles. The number of hydrogen-bond donors (Lipinski definition) is 3. The molecule has 0 radical (unpaired) electrons. The van der Waals surface area contributed by atoms with E-state index >= 15 is 0 Å². The van der Waals surface area contributed by atoms with Crippen LogP contribution < -0.4 is 0 Å². The molecule has 0 bridgehead atoms. The molecular weight excluding hydrogens is 240 g/mol. The predicted molar refractivity (Wildman–Crippen MR) is 66.0 cm³/mol. The minimum Gasteiger partial charge on any atom is -0.406 e. The molecule has 1 fully saturated rings. The van der Waals surface area contributed by atoms with Gasteiger partial charge in [0.25, 0.3) is 0 Å². The SMILES string of the molecule is CC(C)(C)[Si](C)(C)O[C@H]1[C@H](O)[C@H](O)CO[C@H]1O. The highest BCUT2D eigenvalue weighted by Crippen LogP contribution is 2.38. The summed E-state index contributed by atoms with van der Waals surface area (Å²) in [6.07, 6.45) is -4.16. The van der Waals surface area contributed by atoms with Gasteiger partial charge in [0.1, 0.15) is 18.3 Å². The van der Waals surface area contributed by atoms with E-state index in [1.54, 1.807) is 0 Å². The average Bonchev–Trinajstić information content (AvgIpc) is 2.17. The Kier molecular flexibility index (Phi) is 4.39. The van der Waals surface area contributed by atoms with Gasteiger partial charge in [0.05, 0.1) is 6.61 Å². The van der Waals surface area contributed by atoms with Crippen molar-refractivity contribution in [2.24, 2.45) is 0 Å². The average molecular weight is 264 g/mol. The maximum atomic E-state index is 9.84. The summed E-state index contributed by atoms with van der Waals surface area (Å²) in [5, 5.41) is 29.0. The fraction of sp³-hybridized carbons (Fsp3) is 1.00. The van der Waals surface area contributed by atoms with E-state index in [2.05, 4.69) is 20.8 Å². The van der Waals surface area contributed by atoms with Gasteiger partial charge in [-0.2, -0.15) is 0 Å². The van der Waals surface area contributed by atoms with E-state index in [1.165, 1.54) is 0 Å². The van der Waals surface area contributed by atoms with Gasteiger partial charge in [-0.1, -0.05) is 20.8 Å². The van der Waals surface area contributed by atoms with Gasteiger partial charge in [-0.05, 0) is 18.1 Å². The Balaban J connectivity index is 2.78. The quantitative estimate of drug-likeness (QED) is 0.631. The molecule has 0 amide bonds. The van der Waals surface area contributed by atoms with E-state index in [0.29, 0.717) is 0 Å². The smallest absolute Gasteiger partial charge is 0.192 e. The van der Waals surface area contributed by atoms with Crippen LogP contribution in [0.15, 0.2) is 0 Å². The fourth-order valence-corrected chi connectivity index (χ4v) is 2.71. The molecule has 4 atom stereocenters. The van der Waals surface area contributed by atoms with Gasteiger partial charge in [-0.3, -0.25) is 0 Å². The van der Waals surface area contributed by atoms with Crippen LogP contribution in [0.1, 0.15) is 20.8 Å². The Bertz CT molecular complexity index is 263. The molecule has 0 aromatic carbocycles. The number of aliphatic hydroxyl groups excluding tert-OH is 3. The molecule has 6 heteroatoms. The molecule has 102 valence electrons.